The Balaban J connectivity index is 2.93. The van der Waals surface area contributed by atoms with E-state index in [9.17, 15) is 0 Å². The summed E-state index contributed by atoms with van der Waals surface area (Å²) in [6, 6.07) is 0. The van der Waals surface area contributed by atoms with Crippen molar-refractivity contribution in [1.29, 1.82) is 0 Å². The highest BCUT2D eigenvalue weighted by atomic mass is 15.0. The standard InChI is InChI=1S/C6H6N2/c1-2-4-8-5-3-7-6-8/h3-6H,1H2. The van der Waals surface area contributed by atoms with Crippen LogP contribution in [0.1, 0.15) is 0 Å². The van der Waals surface area contributed by atoms with E-state index in [1.807, 2.05) is 6.20 Å². The fraction of sp³-hybridized carbons (Fsp3) is 0. The second-order valence-electron chi connectivity index (χ2n) is 1.34. The summed E-state index contributed by atoms with van der Waals surface area (Å²) in [5, 5.41) is 0. The summed E-state index contributed by atoms with van der Waals surface area (Å²) in [5.74, 6) is 0. The second kappa shape index (κ2) is 2.15. The molecule has 8 heavy (non-hydrogen) atoms. The molecule has 0 N–H and O–H groups in total. The Labute approximate surface area is 47.8 Å². The van der Waals surface area contributed by atoms with Crippen molar-refractivity contribution < 1.29 is 0 Å². The topological polar surface area (TPSA) is 17.8 Å². The van der Waals surface area contributed by atoms with Crippen LogP contribution in [-0.2, 0) is 0 Å². The summed E-state index contributed by atoms with van der Waals surface area (Å²) in [6.45, 7) is 3.41. The fourth-order valence-corrected chi connectivity index (χ4v) is 0.451. The molecule has 2 heteroatoms. The minimum absolute atomic E-state index is 1.68. The molecule has 0 saturated carbocycles. The van der Waals surface area contributed by atoms with Crippen LogP contribution in [0.4, 0.5) is 0 Å². The molecule has 0 atom stereocenters. The van der Waals surface area contributed by atoms with Crippen LogP contribution in [0.15, 0.2) is 31.0 Å². The van der Waals surface area contributed by atoms with Crippen LogP contribution in [0.3, 0.4) is 0 Å². The van der Waals surface area contributed by atoms with Crippen LogP contribution >= 0.6 is 0 Å². The predicted molar refractivity (Wildman–Crippen MR) is 32.1 cm³/mol. The number of aromatic nitrogens is 2. The van der Waals surface area contributed by atoms with Crippen molar-refractivity contribution in [3.05, 3.63) is 31.0 Å². The highest BCUT2D eigenvalue weighted by Crippen LogP contribution is 1.82. The lowest BCUT2D eigenvalue weighted by Gasteiger charge is -1.80. The minimum Gasteiger partial charge on any atom is -0.306 e. The highest BCUT2D eigenvalue weighted by molar-refractivity contribution is 5.18. The Kier molecular flexibility index (Phi) is 1.31. The first-order valence-electron chi connectivity index (χ1n) is 2.27. The van der Waals surface area contributed by atoms with Crippen molar-refractivity contribution in [2.45, 2.75) is 0 Å². The van der Waals surface area contributed by atoms with Gasteiger partial charge < -0.3 is 4.57 Å². The molecule has 0 aliphatic carbocycles. The first-order chi connectivity index (χ1) is 3.93. The largest absolute Gasteiger partial charge is 0.306 e. The van der Waals surface area contributed by atoms with E-state index in [1.165, 1.54) is 0 Å². The molecule has 1 heterocycles. The van der Waals surface area contributed by atoms with Crippen molar-refractivity contribution >= 4 is 6.20 Å². The third-order valence-electron chi connectivity index (χ3n) is 0.765. The number of hydrogen-bond acceptors (Lipinski definition) is 1. The summed E-state index contributed by atoms with van der Waals surface area (Å²) < 4.78 is 1.77. The summed E-state index contributed by atoms with van der Waals surface area (Å²) in [7, 11) is 0. The summed E-state index contributed by atoms with van der Waals surface area (Å²) >= 11 is 0. The van der Waals surface area contributed by atoms with Crippen LogP contribution < -0.4 is 0 Å². The van der Waals surface area contributed by atoms with Crippen molar-refractivity contribution in [2.24, 2.45) is 0 Å². The Morgan fingerprint density at radius 3 is 3.12 bits per heavy atom. The molecule has 0 fully saturated rings. The molecule has 0 aromatic carbocycles. The van der Waals surface area contributed by atoms with Gasteiger partial charge in [0.05, 0.1) is 12.5 Å². The van der Waals surface area contributed by atoms with Gasteiger partial charge in [-0.2, -0.15) is 0 Å². The minimum atomic E-state index is 1.68. The highest BCUT2D eigenvalue weighted by Gasteiger charge is 1.74. The van der Waals surface area contributed by atoms with Crippen molar-refractivity contribution in [2.75, 3.05) is 0 Å². The summed E-state index contributed by atoms with van der Waals surface area (Å²) in [4.78, 5) is 3.80. The zero-order chi connectivity index (χ0) is 5.82. The number of hydrogen-bond donors (Lipinski definition) is 0. The fourth-order valence-electron chi connectivity index (χ4n) is 0.451. The van der Waals surface area contributed by atoms with Gasteiger partial charge in [-0.15, -0.1) is 5.73 Å². The molecule has 1 aromatic heterocycles. The van der Waals surface area contributed by atoms with Gasteiger partial charge in [-0.05, 0) is 0 Å². The average Bonchev–Trinajstić information content (AvgIpc) is 2.19. The van der Waals surface area contributed by atoms with E-state index in [4.69, 9.17) is 0 Å². The normalized spacial score (nSPS) is 8.00. The molecular formula is C6H6N2. The average molecular weight is 106 g/mol. The van der Waals surface area contributed by atoms with Crippen LogP contribution in [0.25, 0.3) is 6.20 Å². The van der Waals surface area contributed by atoms with Gasteiger partial charge in [0.1, 0.15) is 0 Å². The number of rotatable bonds is 1. The van der Waals surface area contributed by atoms with Crippen LogP contribution in [0.5, 0.6) is 0 Å². The van der Waals surface area contributed by atoms with E-state index in [1.54, 1.807) is 23.3 Å². The monoisotopic (exact) mass is 106 g/mol. The lowest BCUT2D eigenvalue weighted by atomic mass is 10.8. The van der Waals surface area contributed by atoms with E-state index in [0.29, 0.717) is 0 Å². The van der Waals surface area contributed by atoms with Gasteiger partial charge in [-0.3, -0.25) is 0 Å². The third kappa shape index (κ3) is 0.863. The predicted octanol–water partition coefficient (Wildman–Crippen LogP) is 1.14. The Bertz CT molecular complexity index is 192. The van der Waals surface area contributed by atoms with Crippen LogP contribution in [-0.4, -0.2) is 9.55 Å². The zero-order valence-corrected chi connectivity index (χ0v) is 4.41. The Morgan fingerprint density at radius 2 is 2.62 bits per heavy atom. The van der Waals surface area contributed by atoms with E-state index < -0.39 is 0 Å². The molecule has 0 bridgehead atoms. The van der Waals surface area contributed by atoms with E-state index in [0.717, 1.165) is 0 Å². The smallest absolute Gasteiger partial charge is 0.0991 e. The first kappa shape index (κ1) is 4.88. The van der Waals surface area contributed by atoms with Gasteiger partial charge in [0.25, 0.3) is 0 Å². The lowest BCUT2D eigenvalue weighted by Crippen LogP contribution is -1.74. The molecule has 40 valence electrons. The van der Waals surface area contributed by atoms with Crippen molar-refractivity contribution in [3.63, 3.8) is 0 Å². The molecule has 1 aromatic rings. The molecule has 0 saturated heterocycles. The van der Waals surface area contributed by atoms with Gasteiger partial charge in [-0.25, -0.2) is 4.98 Å². The van der Waals surface area contributed by atoms with E-state index in [2.05, 4.69) is 17.3 Å². The third-order valence-corrected chi connectivity index (χ3v) is 0.765. The number of imidazole rings is 1. The maximum atomic E-state index is 3.80. The van der Waals surface area contributed by atoms with Gasteiger partial charge >= 0.3 is 0 Å². The van der Waals surface area contributed by atoms with Crippen molar-refractivity contribution in [3.8, 4) is 0 Å². The molecule has 0 spiro atoms. The van der Waals surface area contributed by atoms with Gasteiger partial charge in [0.2, 0.25) is 0 Å². The zero-order valence-electron chi connectivity index (χ0n) is 4.41. The summed E-state index contributed by atoms with van der Waals surface area (Å²) in [6.07, 6.45) is 6.90. The second-order valence-corrected chi connectivity index (χ2v) is 1.34. The molecule has 0 radical (unpaired) electrons. The lowest BCUT2D eigenvalue weighted by molar-refractivity contribution is 1.14. The molecule has 0 amide bonds. The molecule has 1 rings (SSSR count). The van der Waals surface area contributed by atoms with Crippen LogP contribution in [0.2, 0.25) is 0 Å². The summed E-state index contributed by atoms with van der Waals surface area (Å²) in [5.41, 5.74) is 2.62. The Hall–Kier alpha value is -1.27. The first-order valence-corrected chi connectivity index (χ1v) is 2.27. The molecule has 0 aliphatic heterocycles. The maximum Gasteiger partial charge on any atom is 0.0991 e. The van der Waals surface area contributed by atoms with Crippen molar-refractivity contribution in [1.82, 2.24) is 9.55 Å². The Morgan fingerprint density at radius 1 is 1.75 bits per heavy atom. The van der Waals surface area contributed by atoms with Gasteiger partial charge in [0, 0.05) is 12.4 Å². The van der Waals surface area contributed by atoms with E-state index in [-0.39, 0.29) is 0 Å². The molecule has 2 nitrogen and oxygen atoms in total. The number of nitrogens with zero attached hydrogens (tertiary/aromatic N) is 2. The van der Waals surface area contributed by atoms with Gasteiger partial charge in [-0.1, -0.05) is 6.58 Å². The van der Waals surface area contributed by atoms with Crippen LogP contribution in [0, 0.1) is 0 Å². The van der Waals surface area contributed by atoms with Gasteiger partial charge in [0.15, 0.2) is 0 Å². The SMILES string of the molecule is C=C=Cn1ccnc1. The quantitative estimate of drug-likeness (QED) is 0.491. The molecular weight excluding hydrogens is 100 g/mol. The van der Waals surface area contributed by atoms with E-state index >= 15 is 0 Å². The molecule has 0 unspecified atom stereocenters. The molecule has 0 aliphatic rings. The maximum absolute atomic E-state index is 3.80.